The SMILES string of the molecule is CCCNC(=O)C(Cc1ccccc1)N(Cc1c(Cl)cccc1Cl)C(=O)CN(c1cccc(C(F)(F)F)c1)S(=O)(=O)c1ccccc1. The maximum atomic E-state index is 14.5. The summed E-state index contributed by atoms with van der Waals surface area (Å²) in [4.78, 5) is 29.1. The highest BCUT2D eigenvalue weighted by molar-refractivity contribution is 7.92. The lowest BCUT2D eigenvalue weighted by Gasteiger charge is -2.34. The van der Waals surface area contributed by atoms with Gasteiger partial charge in [-0.25, -0.2) is 8.42 Å². The quantitative estimate of drug-likeness (QED) is 0.157. The van der Waals surface area contributed by atoms with Gasteiger partial charge in [-0.15, -0.1) is 0 Å². The predicted molar refractivity (Wildman–Crippen MR) is 177 cm³/mol. The van der Waals surface area contributed by atoms with Crippen molar-refractivity contribution in [2.45, 2.75) is 43.4 Å². The summed E-state index contributed by atoms with van der Waals surface area (Å²) in [6.45, 7) is 0.932. The fourth-order valence-electron chi connectivity index (χ4n) is 4.86. The van der Waals surface area contributed by atoms with Gasteiger partial charge in [0, 0.05) is 35.1 Å². The smallest absolute Gasteiger partial charge is 0.354 e. The van der Waals surface area contributed by atoms with Crippen LogP contribution in [0.5, 0.6) is 0 Å². The van der Waals surface area contributed by atoms with E-state index in [4.69, 9.17) is 23.2 Å². The Kier molecular flexibility index (Phi) is 11.9. The summed E-state index contributed by atoms with van der Waals surface area (Å²) >= 11 is 13.0. The second-order valence-corrected chi connectivity index (χ2v) is 13.3. The van der Waals surface area contributed by atoms with Gasteiger partial charge in [0.15, 0.2) is 0 Å². The first-order valence-corrected chi connectivity index (χ1v) is 16.8. The normalized spacial score (nSPS) is 12.3. The summed E-state index contributed by atoms with van der Waals surface area (Å²) in [5.41, 5.74) is -0.472. The maximum absolute atomic E-state index is 14.5. The average molecular weight is 707 g/mol. The Morgan fingerprint density at radius 2 is 1.45 bits per heavy atom. The van der Waals surface area contributed by atoms with Crippen LogP contribution in [0.1, 0.15) is 30.0 Å². The third kappa shape index (κ3) is 9.06. The molecule has 13 heteroatoms. The van der Waals surface area contributed by atoms with E-state index in [9.17, 15) is 31.2 Å². The van der Waals surface area contributed by atoms with Crippen LogP contribution >= 0.6 is 23.2 Å². The maximum Gasteiger partial charge on any atom is 0.416 e. The third-order valence-electron chi connectivity index (χ3n) is 7.28. The molecule has 4 aromatic carbocycles. The van der Waals surface area contributed by atoms with Crippen LogP contribution in [0.3, 0.4) is 0 Å². The molecule has 0 aromatic heterocycles. The molecule has 2 amide bonds. The molecule has 4 aromatic rings. The van der Waals surface area contributed by atoms with Gasteiger partial charge in [-0.05, 0) is 54.4 Å². The molecule has 0 fully saturated rings. The van der Waals surface area contributed by atoms with Crippen molar-refractivity contribution in [3.05, 3.63) is 130 Å². The van der Waals surface area contributed by atoms with E-state index in [0.29, 0.717) is 34.5 Å². The number of hydrogen-bond acceptors (Lipinski definition) is 4. The molecule has 47 heavy (non-hydrogen) atoms. The predicted octanol–water partition coefficient (Wildman–Crippen LogP) is 7.37. The lowest BCUT2D eigenvalue weighted by atomic mass is 10.0. The molecule has 0 heterocycles. The molecule has 1 atom stereocenters. The van der Waals surface area contributed by atoms with Crippen LogP contribution in [0.4, 0.5) is 18.9 Å². The number of nitrogens with zero attached hydrogens (tertiary/aromatic N) is 2. The lowest BCUT2D eigenvalue weighted by molar-refractivity contribution is -0.140. The Bertz CT molecular complexity index is 1770. The Morgan fingerprint density at radius 3 is 2.04 bits per heavy atom. The number of carbonyl (C=O) groups excluding carboxylic acids is 2. The summed E-state index contributed by atoms with van der Waals surface area (Å²) in [5.74, 6) is -1.38. The van der Waals surface area contributed by atoms with Gasteiger partial charge >= 0.3 is 6.18 Å². The summed E-state index contributed by atoms with van der Waals surface area (Å²) in [7, 11) is -4.59. The molecule has 0 aliphatic carbocycles. The number of alkyl halides is 3. The summed E-state index contributed by atoms with van der Waals surface area (Å²) in [6.07, 6.45) is -4.14. The van der Waals surface area contributed by atoms with Crippen LogP contribution < -0.4 is 9.62 Å². The fourth-order valence-corrected chi connectivity index (χ4v) is 6.80. The first-order chi connectivity index (χ1) is 22.3. The Hall–Kier alpha value is -4.06. The highest BCUT2D eigenvalue weighted by atomic mass is 35.5. The van der Waals surface area contributed by atoms with E-state index in [1.165, 1.54) is 35.2 Å². The number of nitrogens with one attached hydrogen (secondary N) is 1. The van der Waals surface area contributed by atoms with Crippen LogP contribution in [-0.2, 0) is 38.8 Å². The van der Waals surface area contributed by atoms with Crippen molar-refractivity contribution < 1.29 is 31.2 Å². The second kappa shape index (κ2) is 15.7. The summed E-state index contributed by atoms with van der Waals surface area (Å²) < 4.78 is 69.9. The summed E-state index contributed by atoms with van der Waals surface area (Å²) in [5, 5.41) is 3.22. The van der Waals surface area contributed by atoms with Crippen LogP contribution in [0.15, 0.2) is 108 Å². The van der Waals surface area contributed by atoms with Gasteiger partial charge in [-0.3, -0.25) is 13.9 Å². The minimum Gasteiger partial charge on any atom is -0.354 e. The Balaban J connectivity index is 1.86. The number of anilines is 1. The highest BCUT2D eigenvalue weighted by Gasteiger charge is 2.36. The van der Waals surface area contributed by atoms with Crippen molar-refractivity contribution in [1.82, 2.24) is 10.2 Å². The zero-order valence-electron chi connectivity index (χ0n) is 25.3. The van der Waals surface area contributed by atoms with E-state index in [0.717, 1.165) is 12.1 Å². The molecule has 0 radical (unpaired) electrons. The molecule has 0 saturated heterocycles. The Labute approximate surface area is 282 Å². The number of amides is 2. The molecule has 1 N–H and O–H groups in total. The van der Waals surface area contributed by atoms with Gasteiger partial charge in [0.1, 0.15) is 12.6 Å². The van der Waals surface area contributed by atoms with Crippen molar-refractivity contribution in [3.8, 4) is 0 Å². The molecule has 0 saturated carbocycles. The zero-order valence-corrected chi connectivity index (χ0v) is 27.6. The largest absolute Gasteiger partial charge is 0.416 e. The van der Waals surface area contributed by atoms with Gasteiger partial charge in [-0.1, -0.05) is 90.8 Å². The molecular formula is C34H32Cl2F3N3O4S. The van der Waals surface area contributed by atoms with E-state index < -0.39 is 46.2 Å². The number of benzene rings is 4. The van der Waals surface area contributed by atoms with Crippen LogP contribution in [0.2, 0.25) is 10.0 Å². The van der Waals surface area contributed by atoms with Crippen molar-refractivity contribution in [1.29, 1.82) is 0 Å². The standard InChI is InChI=1S/C34H32Cl2F3N3O4S/c1-2-19-40-33(44)31(20-24-11-5-3-6-12-24)41(22-28-29(35)17-10-18-30(28)36)32(43)23-42(47(45,46)27-15-7-4-8-16-27)26-14-9-13-25(21-26)34(37,38)39/h3-18,21,31H,2,19-20,22-23H2,1H3,(H,40,44). The molecule has 0 bridgehead atoms. The molecule has 1 unspecified atom stereocenters. The molecule has 248 valence electrons. The van der Waals surface area contributed by atoms with Gasteiger partial charge in [-0.2, -0.15) is 13.2 Å². The van der Waals surface area contributed by atoms with E-state index in [-0.39, 0.29) is 33.6 Å². The van der Waals surface area contributed by atoms with Gasteiger partial charge in [0.25, 0.3) is 10.0 Å². The number of carbonyl (C=O) groups is 2. The van der Waals surface area contributed by atoms with E-state index >= 15 is 0 Å². The first-order valence-electron chi connectivity index (χ1n) is 14.6. The topological polar surface area (TPSA) is 86.8 Å². The van der Waals surface area contributed by atoms with Crippen molar-refractivity contribution in [2.75, 3.05) is 17.4 Å². The van der Waals surface area contributed by atoms with E-state index in [1.807, 2.05) is 6.92 Å². The van der Waals surface area contributed by atoms with Gasteiger partial charge < -0.3 is 10.2 Å². The van der Waals surface area contributed by atoms with Gasteiger partial charge in [0.05, 0.1) is 16.1 Å². The highest BCUT2D eigenvalue weighted by Crippen LogP contribution is 2.34. The molecular weight excluding hydrogens is 674 g/mol. The van der Waals surface area contributed by atoms with E-state index in [1.54, 1.807) is 54.6 Å². The molecule has 0 aliphatic heterocycles. The average Bonchev–Trinajstić information content (AvgIpc) is 3.05. The van der Waals surface area contributed by atoms with Gasteiger partial charge in [0.2, 0.25) is 11.8 Å². The monoisotopic (exact) mass is 705 g/mol. The number of halogens is 5. The van der Waals surface area contributed by atoms with Crippen molar-refractivity contribution in [2.24, 2.45) is 0 Å². The van der Waals surface area contributed by atoms with Crippen LogP contribution in [0.25, 0.3) is 0 Å². The molecule has 7 nitrogen and oxygen atoms in total. The van der Waals surface area contributed by atoms with Crippen molar-refractivity contribution in [3.63, 3.8) is 0 Å². The molecule has 0 aliphatic rings. The Morgan fingerprint density at radius 1 is 0.851 bits per heavy atom. The second-order valence-electron chi connectivity index (χ2n) is 10.6. The minimum atomic E-state index is -4.78. The lowest BCUT2D eigenvalue weighted by Crippen LogP contribution is -2.53. The van der Waals surface area contributed by atoms with Crippen molar-refractivity contribution >= 4 is 50.7 Å². The third-order valence-corrected chi connectivity index (χ3v) is 9.78. The fraction of sp³-hybridized carbons (Fsp3) is 0.235. The van der Waals surface area contributed by atoms with Crippen LogP contribution in [0, 0.1) is 0 Å². The zero-order chi connectivity index (χ0) is 34.2. The molecule has 4 rings (SSSR count). The minimum absolute atomic E-state index is 0.0409. The number of hydrogen-bond donors (Lipinski definition) is 1. The van der Waals surface area contributed by atoms with Crippen LogP contribution in [-0.4, -0.2) is 44.3 Å². The number of rotatable bonds is 13. The van der Waals surface area contributed by atoms with E-state index in [2.05, 4.69) is 5.32 Å². The number of sulfonamides is 1. The molecule has 0 spiro atoms. The first kappa shape index (κ1) is 35.8. The summed E-state index contributed by atoms with van der Waals surface area (Å²) in [6, 6.07) is 23.2.